The molecule has 9 heteroatoms. The number of carbonyl (C=O) groups excluding carboxylic acids is 1. The lowest BCUT2D eigenvalue weighted by Crippen LogP contribution is -2.49. The van der Waals surface area contributed by atoms with Gasteiger partial charge in [-0.3, -0.25) is 9.69 Å². The van der Waals surface area contributed by atoms with Crippen molar-refractivity contribution >= 4 is 15.9 Å². The first-order valence-corrected chi connectivity index (χ1v) is 13.7. The lowest BCUT2D eigenvalue weighted by Gasteiger charge is -2.40. The van der Waals surface area contributed by atoms with Crippen LogP contribution >= 0.6 is 0 Å². The fourth-order valence-electron chi connectivity index (χ4n) is 4.81. The Labute approximate surface area is 199 Å². The molecule has 0 unspecified atom stereocenters. The average molecular weight is 481 g/mol. The number of nitrogens with one attached hydrogen (secondary N) is 1. The molecule has 0 bridgehead atoms. The van der Waals surface area contributed by atoms with Crippen molar-refractivity contribution in [2.24, 2.45) is 0 Å². The van der Waals surface area contributed by atoms with E-state index in [-0.39, 0.29) is 23.8 Å². The van der Waals surface area contributed by atoms with Crippen LogP contribution in [0.5, 0.6) is 5.75 Å². The molecule has 186 valence electrons. The quantitative estimate of drug-likeness (QED) is 0.553. The predicted molar refractivity (Wildman–Crippen MR) is 130 cm³/mol. The van der Waals surface area contributed by atoms with Crippen molar-refractivity contribution in [1.82, 2.24) is 19.4 Å². The summed E-state index contributed by atoms with van der Waals surface area (Å²) in [6.45, 7) is 11.0. The third-order valence-electron chi connectivity index (χ3n) is 6.80. The summed E-state index contributed by atoms with van der Waals surface area (Å²) in [6, 6.07) is 7.44. The van der Waals surface area contributed by atoms with Crippen molar-refractivity contribution in [1.29, 1.82) is 0 Å². The zero-order chi connectivity index (χ0) is 23.8. The molecule has 0 radical (unpaired) electrons. The van der Waals surface area contributed by atoms with Crippen LogP contribution in [-0.2, 0) is 14.8 Å². The average Bonchev–Trinajstić information content (AvgIpc) is 2.81. The number of hydrogen-bond donors (Lipinski definition) is 1. The number of benzene rings is 1. The van der Waals surface area contributed by atoms with Crippen molar-refractivity contribution in [3.05, 3.63) is 24.3 Å². The molecule has 0 aromatic heterocycles. The Bertz CT molecular complexity index is 846. The lowest BCUT2D eigenvalue weighted by atomic mass is 9.98. The van der Waals surface area contributed by atoms with Gasteiger partial charge >= 0.3 is 0 Å². The number of sulfonamides is 1. The number of likely N-dealkylation sites (tertiary alicyclic amines) is 1. The second-order valence-electron chi connectivity index (χ2n) is 9.06. The number of carbonyl (C=O) groups is 1. The topological polar surface area (TPSA) is 82.2 Å². The van der Waals surface area contributed by atoms with Crippen LogP contribution in [0.1, 0.15) is 46.5 Å². The molecule has 1 aromatic carbocycles. The zero-order valence-electron chi connectivity index (χ0n) is 20.3. The van der Waals surface area contributed by atoms with E-state index < -0.39 is 10.0 Å². The van der Waals surface area contributed by atoms with E-state index in [2.05, 4.69) is 24.1 Å². The highest BCUT2D eigenvalue weighted by molar-refractivity contribution is 7.89. The van der Waals surface area contributed by atoms with E-state index in [1.807, 2.05) is 11.8 Å². The monoisotopic (exact) mass is 480 g/mol. The summed E-state index contributed by atoms with van der Waals surface area (Å²) in [5.74, 6) is 0.663. The van der Waals surface area contributed by atoms with Crippen LogP contribution in [0.3, 0.4) is 0 Å². The first-order valence-electron chi connectivity index (χ1n) is 12.3. The fraction of sp³-hybridized carbons (Fsp3) is 0.708. The van der Waals surface area contributed by atoms with Crippen molar-refractivity contribution < 1.29 is 17.9 Å². The van der Waals surface area contributed by atoms with Crippen LogP contribution in [0.2, 0.25) is 0 Å². The number of amides is 1. The normalized spacial score (nSPS) is 22.5. The van der Waals surface area contributed by atoms with Gasteiger partial charge in [-0.05, 0) is 57.9 Å². The SMILES string of the molecule is CCOc1ccc(S(=O)(=O)N(CCC(=O)N2CCNCC2)CCN2[C@H](C)CCC[C@@H]2C)cc1. The van der Waals surface area contributed by atoms with Gasteiger partial charge in [0.05, 0.1) is 11.5 Å². The molecule has 1 amide bonds. The maximum atomic E-state index is 13.6. The summed E-state index contributed by atoms with van der Waals surface area (Å²) in [4.78, 5) is 17.2. The first-order chi connectivity index (χ1) is 15.8. The molecule has 1 aromatic rings. The van der Waals surface area contributed by atoms with Crippen molar-refractivity contribution in [2.45, 2.75) is 63.4 Å². The smallest absolute Gasteiger partial charge is 0.243 e. The van der Waals surface area contributed by atoms with Gasteiger partial charge in [0.1, 0.15) is 5.75 Å². The van der Waals surface area contributed by atoms with Crippen molar-refractivity contribution in [2.75, 3.05) is 52.4 Å². The maximum Gasteiger partial charge on any atom is 0.243 e. The highest BCUT2D eigenvalue weighted by atomic mass is 32.2. The summed E-state index contributed by atoms with van der Waals surface area (Å²) in [5.41, 5.74) is 0. The van der Waals surface area contributed by atoms with Gasteiger partial charge in [-0.15, -0.1) is 0 Å². The molecule has 2 heterocycles. The zero-order valence-corrected chi connectivity index (χ0v) is 21.1. The van der Waals surface area contributed by atoms with E-state index in [1.54, 1.807) is 24.3 Å². The largest absolute Gasteiger partial charge is 0.494 e. The number of nitrogens with zero attached hydrogens (tertiary/aromatic N) is 3. The molecule has 2 fully saturated rings. The van der Waals surface area contributed by atoms with Gasteiger partial charge in [-0.2, -0.15) is 4.31 Å². The molecule has 1 N–H and O–H groups in total. The number of hydrogen-bond acceptors (Lipinski definition) is 6. The van der Waals surface area contributed by atoms with Crippen LogP contribution in [0, 0.1) is 0 Å². The highest BCUT2D eigenvalue weighted by Gasteiger charge is 2.30. The molecule has 2 aliphatic heterocycles. The molecule has 3 rings (SSSR count). The van der Waals surface area contributed by atoms with E-state index >= 15 is 0 Å². The van der Waals surface area contributed by atoms with Crippen LogP contribution in [-0.4, -0.2) is 92.9 Å². The molecular formula is C24H40N4O4S. The van der Waals surface area contributed by atoms with Crippen molar-refractivity contribution in [3.8, 4) is 5.75 Å². The standard InChI is InChI=1S/C24H40N4O4S/c1-4-32-22-8-10-23(11-9-22)33(30,31)27(15-12-24(29)26-16-13-25-14-17-26)18-19-28-20(2)6-5-7-21(28)3/h8-11,20-21,25H,4-7,12-19H2,1-3H3/t20-,21+. The summed E-state index contributed by atoms with van der Waals surface area (Å²) in [7, 11) is -3.73. The minimum atomic E-state index is -3.73. The second kappa shape index (κ2) is 12.1. The lowest BCUT2D eigenvalue weighted by molar-refractivity contribution is -0.131. The van der Waals surface area contributed by atoms with Gasteiger partial charge in [-0.25, -0.2) is 8.42 Å². The molecule has 0 spiro atoms. The minimum Gasteiger partial charge on any atom is -0.494 e. The van der Waals surface area contributed by atoms with Gasteiger partial charge < -0.3 is 15.0 Å². The summed E-state index contributed by atoms with van der Waals surface area (Å²) in [6.07, 6.45) is 3.68. The van der Waals surface area contributed by atoms with Crippen LogP contribution in [0.4, 0.5) is 0 Å². The summed E-state index contributed by atoms with van der Waals surface area (Å²) >= 11 is 0. The summed E-state index contributed by atoms with van der Waals surface area (Å²) < 4.78 is 34.1. The molecule has 0 aliphatic carbocycles. The number of rotatable bonds is 10. The van der Waals surface area contributed by atoms with E-state index in [0.29, 0.717) is 50.6 Å². The van der Waals surface area contributed by atoms with Crippen LogP contribution in [0.15, 0.2) is 29.2 Å². The third kappa shape index (κ3) is 6.91. The van der Waals surface area contributed by atoms with E-state index in [1.165, 1.54) is 10.7 Å². The first kappa shape index (κ1) is 25.9. The Morgan fingerprint density at radius 2 is 1.73 bits per heavy atom. The number of ether oxygens (including phenoxy) is 1. The molecular weight excluding hydrogens is 440 g/mol. The Balaban J connectivity index is 1.73. The molecule has 33 heavy (non-hydrogen) atoms. The third-order valence-corrected chi connectivity index (χ3v) is 8.71. The molecule has 2 saturated heterocycles. The summed E-state index contributed by atoms with van der Waals surface area (Å²) in [5, 5.41) is 3.24. The van der Waals surface area contributed by atoms with E-state index in [0.717, 1.165) is 25.9 Å². The Morgan fingerprint density at radius 3 is 2.33 bits per heavy atom. The van der Waals surface area contributed by atoms with Crippen LogP contribution in [0.25, 0.3) is 0 Å². The van der Waals surface area contributed by atoms with Crippen molar-refractivity contribution in [3.63, 3.8) is 0 Å². The van der Waals surface area contributed by atoms with Gasteiger partial charge in [-0.1, -0.05) is 6.42 Å². The van der Waals surface area contributed by atoms with Gasteiger partial charge in [0.15, 0.2) is 0 Å². The Hall–Kier alpha value is -1.68. The van der Waals surface area contributed by atoms with Gasteiger partial charge in [0.25, 0.3) is 0 Å². The maximum absolute atomic E-state index is 13.6. The molecule has 2 aliphatic rings. The molecule has 8 nitrogen and oxygen atoms in total. The van der Waals surface area contributed by atoms with Gasteiger partial charge in [0, 0.05) is 64.3 Å². The Morgan fingerprint density at radius 1 is 1.09 bits per heavy atom. The minimum absolute atomic E-state index is 0.0168. The highest BCUT2D eigenvalue weighted by Crippen LogP contribution is 2.24. The second-order valence-corrected chi connectivity index (χ2v) is 11.0. The number of piperidine rings is 1. The molecule has 2 atom stereocenters. The van der Waals surface area contributed by atoms with Crippen LogP contribution < -0.4 is 10.1 Å². The molecule has 0 saturated carbocycles. The van der Waals surface area contributed by atoms with Gasteiger partial charge in [0.2, 0.25) is 15.9 Å². The fourth-order valence-corrected chi connectivity index (χ4v) is 6.24. The van der Waals surface area contributed by atoms with E-state index in [4.69, 9.17) is 4.74 Å². The predicted octanol–water partition coefficient (Wildman–Crippen LogP) is 2.16. The van der Waals surface area contributed by atoms with E-state index in [9.17, 15) is 13.2 Å². The Kier molecular flexibility index (Phi) is 9.55. The number of piperazine rings is 1.